The second-order valence-corrected chi connectivity index (χ2v) is 7.32. The summed E-state index contributed by atoms with van der Waals surface area (Å²) in [5.74, 6) is 6.35. The fourth-order valence-electron chi connectivity index (χ4n) is 2.77. The van der Waals surface area contributed by atoms with Crippen molar-refractivity contribution in [1.82, 2.24) is 4.98 Å². The van der Waals surface area contributed by atoms with Gasteiger partial charge in [-0.3, -0.25) is 9.78 Å². The van der Waals surface area contributed by atoms with E-state index >= 15 is 0 Å². The lowest BCUT2D eigenvalue weighted by Crippen LogP contribution is -2.10. The van der Waals surface area contributed by atoms with E-state index in [1.807, 2.05) is 24.3 Å². The Morgan fingerprint density at radius 2 is 1.73 bits per heavy atom. The van der Waals surface area contributed by atoms with Crippen LogP contribution in [0.1, 0.15) is 44.4 Å². The number of hydrogen-bond acceptors (Lipinski definition) is 2. The van der Waals surface area contributed by atoms with Crippen LogP contribution in [0.5, 0.6) is 0 Å². The summed E-state index contributed by atoms with van der Waals surface area (Å²) in [5.41, 5.74) is 4.74. The van der Waals surface area contributed by atoms with Crippen molar-refractivity contribution in [3.05, 3.63) is 71.4 Å². The summed E-state index contributed by atoms with van der Waals surface area (Å²) >= 11 is 0. The van der Waals surface area contributed by atoms with Gasteiger partial charge in [0.1, 0.15) is 0 Å². The molecule has 0 radical (unpaired) electrons. The summed E-state index contributed by atoms with van der Waals surface area (Å²) in [7, 11) is 0. The van der Waals surface area contributed by atoms with Crippen LogP contribution in [-0.4, -0.2) is 10.9 Å². The van der Waals surface area contributed by atoms with Crippen molar-refractivity contribution in [2.75, 3.05) is 5.32 Å². The molecule has 0 saturated heterocycles. The molecule has 0 fully saturated rings. The number of carbonyl (C=O) groups is 1. The number of amides is 1. The van der Waals surface area contributed by atoms with Gasteiger partial charge < -0.3 is 5.32 Å². The van der Waals surface area contributed by atoms with E-state index in [2.05, 4.69) is 67.2 Å². The van der Waals surface area contributed by atoms with Gasteiger partial charge in [0.15, 0.2) is 0 Å². The number of nitrogens with one attached hydrogen (secondary N) is 1. The molecule has 0 bridgehead atoms. The second-order valence-electron chi connectivity index (χ2n) is 7.32. The molecule has 3 heteroatoms. The van der Waals surface area contributed by atoms with Crippen molar-refractivity contribution < 1.29 is 4.79 Å². The highest BCUT2D eigenvalue weighted by atomic mass is 16.1. The van der Waals surface area contributed by atoms with E-state index in [-0.39, 0.29) is 11.3 Å². The first kappa shape index (κ1) is 17.7. The Morgan fingerprint density at radius 1 is 1.00 bits per heavy atom. The highest BCUT2D eigenvalue weighted by Gasteiger charge is 2.12. The number of rotatable bonds is 1. The van der Waals surface area contributed by atoms with Crippen LogP contribution >= 0.6 is 0 Å². The Bertz CT molecular complexity index is 1020. The van der Waals surface area contributed by atoms with E-state index in [0.29, 0.717) is 5.69 Å². The Hall–Kier alpha value is -3.12. The molecule has 0 aliphatic carbocycles. The Kier molecular flexibility index (Phi) is 4.77. The van der Waals surface area contributed by atoms with E-state index in [1.54, 1.807) is 6.20 Å². The molecule has 0 unspecified atom stereocenters. The van der Waals surface area contributed by atoms with E-state index < -0.39 is 0 Å². The molecule has 1 N–H and O–H groups in total. The molecule has 1 heterocycles. The largest absolute Gasteiger partial charge is 0.324 e. The van der Waals surface area contributed by atoms with Crippen molar-refractivity contribution in [1.29, 1.82) is 0 Å². The summed E-state index contributed by atoms with van der Waals surface area (Å²) in [5, 5.41) is 3.75. The maximum atomic E-state index is 11.4. The number of hydrogen-bond donors (Lipinski definition) is 1. The number of carbonyl (C=O) groups excluding carboxylic acids is 1. The predicted octanol–water partition coefficient (Wildman–Crippen LogP) is 4.89. The van der Waals surface area contributed by atoms with Crippen LogP contribution < -0.4 is 5.32 Å². The molecule has 0 aliphatic rings. The molecule has 0 aliphatic heterocycles. The molecule has 3 aromatic rings. The quantitative estimate of drug-likeness (QED) is 0.640. The normalized spacial score (nSPS) is 10.9. The van der Waals surface area contributed by atoms with Crippen LogP contribution in [-0.2, 0) is 10.2 Å². The van der Waals surface area contributed by atoms with Gasteiger partial charge >= 0.3 is 0 Å². The minimum atomic E-state index is -0.116. The van der Waals surface area contributed by atoms with E-state index in [4.69, 9.17) is 0 Å². The Morgan fingerprint density at radius 3 is 2.38 bits per heavy atom. The van der Waals surface area contributed by atoms with Gasteiger partial charge in [-0.25, -0.2) is 0 Å². The van der Waals surface area contributed by atoms with Gasteiger partial charge in [-0.1, -0.05) is 44.7 Å². The van der Waals surface area contributed by atoms with Crippen molar-refractivity contribution in [3.8, 4) is 11.8 Å². The SMILES string of the molecule is CC(=O)Nc1ccc(C#Cc2ccc(C(C)(C)C)cc2)c2cccnc12. The van der Waals surface area contributed by atoms with Crippen LogP contribution in [0.3, 0.4) is 0 Å². The first-order valence-corrected chi connectivity index (χ1v) is 8.62. The third-order valence-corrected chi connectivity index (χ3v) is 4.17. The van der Waals surface area contributed by atoms with Crippen LogP contribution in [0.4, 0.5) is 5.69 Å². The number of benzene rings is 2. The molecule has 3 nitrogen and oxygen atoms in total. The number of pyridine rings is 1. The van der Waals surface area contributed by atoms with Crippen molar-refractivity contribution in [2.45, 2.75) is 33.1 Å². The predicted molar refractivity (Wildman–Crippen MR) is 107 cm³/mol. The first-order valence-electron chi connectivity index (χ1n) is 8.62. The summed E-state index contributed by atoms with van der Waals surface area (Å²) < 4.78 is 0. The van der Waals surface area contributed by atoms with Crippen LogP contribution in [0.25, 0.3) is 10.9 Å². The van der Waals surface area contributed by atoms with Gasteiger partial charge in [-0.15, -0.1) is 0 Å². The zero-order valence-electron chi connectivity index (χ0n) is 15.6. The molecule has 2 aromatic carbocycles. The maximum Gasteiger partial charge on any atom is 0.221 e. The zero-order valence-corrected chi connectivity index (χ0v) is 15.6. The molecule has 0 spiro atoms. The summed E-state index contributed by atoms with van der Waals surface area (Å²) in [6, 6.07) is 16.0. The van der Waals surface area contributed by atoms with Crippen LogP contribution in [0, 0.1) is 11.8 Å². The van der Waals surface area contributed by atoms with Crippen molar-refractivity contribution >= 4 is 22.5 Å². The lowest BCUT2D eigenvalue weighted by atomic mass is 9.87. The monoisotopic (exact) mass is 342 g/mol. The molecular formula is C23H22N2O. The molecule has 0 saturated carbocycles. The Labute approximate surface area is 154 Å². The van der Waals surface area contributed by atoms with Crippen molar-refractivity contribution in [2.24, 2.45) is 0 Å². The smallest absolute Gasteiger partial charge is 0.221 e. The Balaban J connectivity index is 1.98. The van der Waals surface area contributed by atoms with Crippen molar-refractivity contribution in [3.63, 3.8) is 0 Å². The van der Waals surface area contributed by atoms with Crippen LogP contribution in [0.15, 0.2) is 54.7 Å². The molecule has 0 atom stereocenters. The van der Waals surface area contributed by atoms with Gasteiger partial charge in [0.05, 0.1) is 11.2 Å². The minimum absolute atomic E-state index is 0.116. The highest BCUT2D eigenvalue weighted by molar-refractivity contribution is 6.01. The van der Waals surface area contributed by atoms with E-state index in [9.17, 15) is 4.79 Å². The van der Waals surface area contributed by atoms with E-state index in [0.717, 1.165) is 22.0 Å². The zero-order chi connectivity index (χ0) is 18.7. The highest BCUT2D eigenvalue weighted by Crippen LogP contribution is 2.25. The minimum Gasteiger partial charge on any atom is -0.324 e. The standard InChI is InChI=1S/C23H22N2O/c1-16(26)25-21-14-11-18(20-6-5-15-24-22(20)21)10-7-17-8-12-19(13-9-17)23(2,3)4/h5-6,8-9,11-15H,1-4H3,(H,25,26). The third-order valence-electron chi connectivity index (χ3n) is 4.17. The topological polar surface area (TPSA) is 42.0 Å². The van der Waals surface area contributed by atoms with E-state index in [1.165, 1.54) is 12.5 Å². The molecule has 26 heavy (non-hydrogen) atoms. The molecule has 1 aromatic heterocycles. The van der Waals surface area contributed by atoms with Gasteiger partial charge in [0, 0.05) is 29.6 Å². The van der Waals surface area contributed by atoms with Gasteiger partial charge in [-0.2, -0.15) is 0 Å². The summed E-state index contributed by atoms with van der Waals surface area (Å²) in [6.07, 6.45) is 1.72. The molecule has 3 rings (SSSR count). The lowest BCUT2D eigenvalue weighted by Gasteiger charge is -2.18. The third kappa shape index (κ3) is 3.92. The number of aromatic nitrogens is 1. The number of anilines is 1. The average Bonchev–Trinajstić information content (AvgIpc) is 2.60. The number of nitrogens with zero attached hydrogens (tertiary/aromatic N) is 1. The fourth-order valence-corrected chi connectivity index (χ4v) is 2.77. The molecular weight excluding hydrogens is 320 g/mol. The van der Waals surface area contributed by atoms with Gasteiger partial charge in [0.25, 0.3) is 0 Å². The van der Waals surface area contributed by atoms with Gasteiger partial charge in [0.2, 0.25) is 5.91 Å². The lowest BCUT2D eigenvalue weighted by molar-refractivity contribution is -0.114. The summed E-state index contributed by atoms with van der Waals surface area (Å²) in [4.78, 5) is 15.8. The number of fused-ring (bicyclic) bond motifs is 1. The first-order chi connectivity index (χ1) is 12.3. The van der Waals surface area contributed by atoms with Crippen LogP contribution in [0.2, 0.25) is 0 Å². The average molecular weight is 342 g/mol. The van der Waals surface area contributed by atoms with Gasteiger partial charge in [-0.05, 0) is 47.4 Å². The second kappa shape index (κ2) is 7.01. The maximum absolute atomic E-state index is 11.4. The summed E-state index contributed by atoms with van der Waals surface area (Å²) in [6.45, 7) is 8.08. The molecule has 1 amide bonds. The fraction of sp³-hybridized carbons (Fsp3) is 0.217. The molecule has 130 valence electrons.